The van der Waals surface area contributed by atoms with Gasteiger partial charge in [-0.25, -0.2) is 18.4 Å². The second-order valence-electron chi connectivity index (χ2n) is 6.61. The molecular formula is C16H23N5O2S. The van der Waals surface area contributed by atoms with Crippen molar-refractivity contribution in [1.82, 2.24) is 24.6 Å². The molecule has 1 fully saturated rings. The first-order valence-corrected chi connectivity index (χ1v) is 9.96. The molecule has 0 N–H and O–H groups in total. The number of aromatic nitrogens is 4. The zero-order chi connectivity index (χ0) is 17.3. The highest BCUT2D eigenvalue weighted by atomic mass is 32.2. The van der Waals surface area contributed by atoms with Gasteiger partial charge in [0.2, 0.25) is 0 Å². The summed E-state index contributed by atoms with van der Waals surface area (Å²) in [4.78, 5) is 11.1. The summed E-state index contributed by atoms with van der Waals surface area (Å²) in [5.74, 6) is 2.97. The Kier molecular flexibility index (Phi) is 4.69. The molecule has 2 aromatic heterocycles. The van der Waals surface area contributed by atoms with Gasteiger partial charge in [0.1, 0.15) is 5.82 Å². The molecule has 24 heavy (non-hydrogen) atoms. The van der Waals surface area contributed by atoms with Gasteiger partial charge in [-0.1, -0.05) is 19.9 Å². The fourth-order valence-corrected chi connectivity index (χ4v) is 4.65. The predicted molar refractivity (Wildman–Crippen MR) is 91.8 cm³/mol. The minimum Gasteiger partial charge on any atom is -0.295 e. The lowest BCUT2D eigenvalue weighted by Crippen LogP contribution is -2.33. The minimum atomic E-state index is -2.90. The Bertz CT molecular complexity index is 801. The van der Waals surface area contributed by atoms with Crippen molar-refractivity contribution in [2.24, 2.45) is 0 Å². The van der Waals surface area contributed by atoms with Crippen LogP contribution in [0.5, 0.6) is 0 Å². The maximum atomic E-state index is 11.7. The highest BCUT2D eigenvalue weighted by molar-refractivity contribution is 7.91. The molecule has 0 amide bonds. The van der Waals surface area contributed by atoms with Gasteiger partial charge in [0.25, 0.3) is 0 Å². The largest absolute Gasteiger partial charge is 0.295 e. The molecule has 1 aliphatic rings. The Hall–Kier alpha value is -1.80. The van der Waals surface area contributed by atoms with Crippen molar-refractivity contribution < 1.29 is 8.42 Å². The van der Waals surface area contributed by atoms with E-state index in [9.17, 15) is 8.42 Å². The van der Waals surface area contributed by atoms with E-state index in [0.29, 0.717) is 13.0 Å². The molecule has 8 heteroatoms. The van der Waals surface area contributed by atoms with Gasteiger partial charge in [0, 0.05) is 18.2 Å². The average molecular weight is 349 g/mol. The first-order chi connectivity index (χ1) is 11.4. The minimum absolute atomic E-state index is 0.0337. The molecule has 1 atom stereocenters. The van der Waals surface area contributed by atoms with Crippen LogP contribution in [0.2, 0.25) is 0 Å². The first kappa shape index (κ1) is 17.0. The lowest BCUT2D eigenvalue weighted by atomic mass is 10.2. The predicted octanol–water partition coefficient (Wildman–Crippen LogP) is 1.40. The Balaban J connectivity index is 1.87. The van der Waals surface area contributed by atoms with Crippen LogP contribution in [0.3, 0.4) is 0 Å². The first-order valence-electron chi connectivity index (χ1n) is 8.13. The number of rotatable bonds is 5. The molecule has 3 rings (SSSR count). The average Bonchev–Trinajstić information content (AvgIpc) is 3.11. The van der Waals surface area contributed by atoms with E-state index < -0.39 is 9.84 Å². The van der Waals surface area contributed by atoms with E-state index in [-0.39, 0.29) is 23.5 Å². The van der Waals surface area contributed by atoms with Crippen LogP contribution in [0, 0.1) is 0 Å². The molecule has 2 aromatic rings. The standard InChI is InChI=1S/C16H23N5O2S/c1-12(2)16-18-15(21(19-16)14-6-4-5-8-17-14)10-20(3)13-7-9-24(22,23)11-13/h4-6,8,12-13H,7,9-11H2,1-3H3/t13-/m0/s1. The third-order valence-electron chi connectivity index (χ3n) is 4.30. The van der Waals surface area contributed by atoms with Crippen molar-refractivity contribution >= 4 is 9.84 Å². The van der Waals surface area contributed by atoms with E-state index in [1.54, 1.807) is 10.9 Å². The Morgan fingerprint density at radius 3 is 2.75 bits per heavy atom. The van der Waals surface area contributed by atoms with E-state index >= 15 is 0 Å². The van der Waals surface area contributed by atoms with Crippen molar-refractivity contribution in [2.75, 3.05) is 18.6 Å². The van der Waals surface area contributed by atoms with Crippen LogP contribution in [-0.2, 0) is 16.4 Å². The highest BCUT2D eigenvalue weighted by Gasteiger charge is 2.31. The lowest BCUT2D eigenvalue weighted by molar-refractivity contribution is 0.246. The van der Waals surface area contributed by atoms with Crippen molar-refractivity contribution in [3.05, 3.63) is 36.0 Å². The van der Waals surface area contributed by atoms with E-state index in [2.05, 4.69) is 33.8 Å². The van der Waals surface area contributed by atoms with Gasteiger partial charge < -0.3 is 0 Å². The summed E-state index contributed by atoms with van der Waals surface area (Å²) in [6.07, 6.45) is 2.40. The maximum Gasteiger partial charge on any atom is 0.155 e. The molecule has 0 radical (unpaired) electrons. The summed E-state index contributed by atoms with van der Waals surface area (Å²) < 4.78 is 25.2. The van der Waals surface area contributed by atoms with Crippen molar-refractivity contribution in [1.29, 1.82) is 0 Å². The Morgan fingerprint density at radius 1 is 1.38 bits per heavy atom. The van der Waals surface area contributed by atoms with Crippen LogP contribution in [0.4, 0.5) is 0 Å². The van der Waals surface area contributed by atoms with Crippen LogP contribution in [0.15, 0.2) is 24.4 Å². The molecule has 1 aliphatic heterocycles. The SMILES string of the molecule is CC(C)c1nc(CN(C)[C@H]2CCS(=O)(=O)C2)n(-c2ccccn2)n1. The second-order valence-corrected chi connectivity index (χ2v) is 8.84. The molecule has 3 heterocycles. The zero-order valence-electron chi connectivity index (χ0n) is 14.3. The summed E-state index contributed by atoms with van der Waals surface area (Å²) >= 11 is 0. The van der Waals surface area contributed by atoms with Crippen molar-refractivity contribution in [3.63, 3.8) is 0 Å². The third kappa shape index (κ3) is 3.64. The van der Waals surface area contributed by atoms with Gasteiger partial charge >= 0.3 is 0 Å². The highest BCUT2D eigenvalue weighted by Crippen LogP contribution is 2.20. The summed E-state index contributed by atoms with van der Waals surface area (Å²) in [6, 6.07) is 5.70. The van der Waals surface area contributed by atoms with Gasteiger partial charge in [-0.2, -0.15) is 4.68 Å². The normalized spacial score (nSPS) is 20.1. The molecule has 0 aliphatic carbocycles. The lowest BCUT2D eigenvalue weighted by Gasteiger charge is -2.22. The smallest absolute Gasteiger partial charge is 0.155 e. The number of hydrogen-bond acceptors (Lipinski definition) is 6. The van der Waals surface area contributed by atoms with Crippen LogP contribution in [0.1, 0.15) is 37.8 Å². The number of pyridine rings is 1. The van der Waals surface area contributed by atoms with E-state index in [0.717, 1.165) is 17.5 Å². The third-order valence-corrected chi connectivity index (χ3v) is 6.05. The molecule has 0 spiro atoms. The summed E-state index contributed by atoms with van der Waals surface area (Å²) in [5.41, 5.74) is 0. The molecule has 0 bridgehead atoms. The number of hydrogen-bond donors (Lipinski definition) is 0. The topological polar surface area (TPSA) is 81.0 Å². The molecule has 0 aromatic carbocycles. The van der Waals surface area contributed by atoms with Crippen LogP contribution < -0.4 is 0 Å². The van der Waals surface area contributed by atoms with Gasteiger partial charge in [0.05, 0.1) is 18.1 Å². The van der Waals surface area contributed by atoms with Gasteiger partial charge in [-0.05, 0) is 25.6 Å². The number of nitrogens with zero attached hydrogens (tertiary/aromatic N) is 5. The van der Waals surface area contributed by atoms with Gasteiger partial charge in [-0.15, -0.1) is 5.10 Å². The number of sulfone groups is 1. The molecule has 0 saturated carbocycles. The molecule has 130 valence electrons. The van der Waals surface area contributed by atoms with E-state index in [1.165, 1.54) is 0 Å². The fraction of sp³-hybridized carbons (Fsp3) is 0.562. The van der Waals surface area contributed by atoms with Gasteiger partial charge in [-0.3, -0.25) is 4.90 Å². The summed E-state index contributed by atoms with van der Waals surface area (Å²) in [7, 11) is -0.958. The van der Waals surface area contributed by atoms with Crippen molar-refractivity contribution in [2.45, 2.75) is 38.8 Å². The van der Waals surface area contributed by atoms with E-state index in [1.807, 2.05) is 25.2 Å². The molecule has 1 saturated heterocycles. The summed E-state index contributed by atoms with van der Waals surface area (Å²) in [5, 5.41) is 4.59. The molecule has 0 unspecified atom stereocenters. The fourth-order valence-electron chi connectivity index (χ4n) is 2.85. The maximum absolute atomic E-state index is 11.7. The Labute approximate surface area is 142 Å². The summed E-state index contributed by atoms with van der Waals surface area (Å²) in [6.45, 7) is 4.64. The Morgan fingerprint density at radius 2 is 2.17 bits per heavy atom. The van der Waals surface area contributed by atoms with Crippen LogP contribution in [-0.4, -0.2) is 57.7 Å². The quantitative estimate of drug-likeness (QED) is 0.812. The van der Waals surface area contributed by atoms with Crippen molar-refractivity contribution in [3.8, 4) is 5.82 Å². The van der Waals surface area contributed by atoms with Crippen LogP contribution in [0.25, 0.3) is 5.82 Å². The zero-order valence-corrected chi connectivity index (χ0v) is 15.1. The van der Waals surface area contributed by atoms with Gasteiger partial charge in [0.15, 0.2) is 21.5 Å². The van der Waals surface area contributed by atoms with E-state index in [4.69, 9.17) is 0 Å². The monoisotopic (exact) mass is 349 g/mol. The van der Waals surface area contributed by atoms with Crippen LogP contribution >= 0.6 is 0 Å². The second kappa shape index (κ2) is 6.60. The molecular weight excluding hydrogens is 326 g/mol. The molecule has 7 nitrogen and oxygen atoms in total.